The van der Waals surface area contributed by atoms with Gasteiger partial charge in [-0.2, -0.15) is 0 Å². The first kappa shape index (κ1) is 20.2. The van der Waals surface area contributed by atoms with Crippen molar-refractivity contribution >= 4 is 35.3 Å². The number of hydrogen-bond donors (Lipinski definition) is 0. The Kier molecular flexibility index (Phi) is 5.34. The Hall–Kier alpha value is -2.13. The minimum Gasteiger partial charge on any atom is -0.204 e. The summed E-state index contributed by atoms with van der Waals surface area (Å²) in [6.45, 7) is -1.05. The van der Waals surface area contributed by atoms with Gasteiger partial charge in [-0.15, -0.1) is 0 Å². The molecule has 2 aromatic rings. The Morgan fingerprint density at radius 2 is 0.538 bits per heavy atom. The molecule has 0 bridgehead atoms. The summed E-state index contributed by atoms with van der Waals surface area (Å²) < 4.78 is 126. The minimum absolute atomic E-state index is 0.754. The fourth-order valence-corrected chi connectivity index (χ4v) is 3.31. The van der Waals surface area contributed by atoms with Gasteiger partial charge in [-0.1, -0.05) is 13.6 Å². The SMILES string of the molecule is CB1c2c(F)c(F)c(F)c(F)c2B(C)c2c(F)c(F)c(F)c(F)c21.FF. The molecule has 138 valence electrons. The summed E-state index contributed by atoms with van der Waals surface area (Å²) in [4.78, 5) is 0. The molecule has 0 aliphatic carbocycles. The van der Waals surface area contributed by atoms with E-state index in [0.717, 1.165) is 13.6 Å². The maximum absolute atomic E-state index is 14.1. The van der Waals surface area contributed by atoms with Gasteiger partial charge in [0.25, 0.3) is 0 Å². The lowest BCUT2D eigenvalue weighted by atomic mass is 9.25. The third-order valence-corrected chi connectivity index (χ3v) is 4.41. The number of rotatable bonds is 0. The first-order valence-electron chi connectivity index (χ1n) is 6.96. The van der Waals surface area contributed by atoms with Gasteiger partial charge in [0.05, 0.1) is 0 Å². The van der Waals surface area contributed by atoms with E-state index in [1.807, 2.05) is 0 Å². The molecule has 0 fully saturated rings. The van der Waals surface area contributed by atoms with Crippen molar-refractivity contribution in [3.63, 3.8) is 0 Å². The molecule has 0 amide bonds. The molecule has 3 rings (SSSR count). The highest BCUT2D eigenvalue weighted by atomic mass is 20.0. The largest absolute Gasteiger partial charge is 0.213 e. The van der Waals surface area contributed by atoms with Crippen LogP contribution in [0.2, 0.25) is 13.6 Å². The van der Waals surface area contributed by atoms with Gasteiger partial charge in [0.15, 0.2) is 46.5 Å². The molecule has 0 radical (unpaired) electrons. The van der Waals surface area contributed by atoms with Gasteiger partial charge in [0.1, 0.15) is 0 Å². The predicted molar refractivity (Wildman–Crippen MR) is 76.5 cm³/mol. The second-order valence-corrected chi connectivity index (χ2v) is 5.61. The van der Waals surface area contributed by atoms with Crippen molar-refractivity contribution in [2.45, 2.75) is 13.6 Å². The Balaban J connectivity index is 0.00000117. The fourth-order valence-electron chi connectivity index (χ4n) is 3.31. The Bertz CT molecular complexity index is 755. The van der Waals surface area contributed by atoms with Crippen LogP contribution in [0.25, 0.3) is 0 Å². The summed E-state index contributed by atoms with van der Waals surface area (Å²) in [5.74, 6) is -15.6. The van der Waals surface area contributed by atoms with Crippen molar-refractivity contribution in [1.29, 1.82) is 0 Å². The predicted octanol–water partition coefficient (Wildman–Crippen LogP) is 2.43. The molecular weight excluding hydrogens is 380 g/mol. The average molecular weight is 386 g/mol. The Labute approximate surface area is 140 Å². The van der Waals surface area contributed by atoms with Crippen LogP contribution in [0.3, 0.4) is 0 Å². The van der Waals surface area contributed by atoms with Gasteiger partial charge in [-0.25, -0.2) is 35.1 Å². The van der Waals surface area contributed by atoms with Crippen molar-refractivity contribution in [3.05, 3.63) is 46.5 Å². The third kappa shape index (κ3) is 2.49. The number of benzene rings is 2. The first-order valence-corrected chi connectivity index (χ1v) is 6.96. The lowest BCUT2D eigenvalue weighted by Crippen LogP contribution is -2.71. The van der Waals surface area contributed by atoms with Gasteiger partial charge >= 0.3 is 0 Å². The topological polar surface area (TPSA) is 0 Å². The van der Waals surface area contributed by atoms with E-state index in [4.69, 9.17) is 9.15 Å². The maximum Gasteiger partial charge on any atom is 0.213 e. The van der Waals surface area contributed by atoms with Crippen molar-refractivity contribution in [1.82, 2.24) is 0 Å². The van der Waals surface area contributed by atoms with Crippen LogP contribution in [-0.4, -0.2) is 13.4 Å². The van der Waals surface area contributed by atoms with Crippen LogP contribution >= 0.6 is 0 Å². The van der Waals surface area contributed by atoms with E-state index in [9.17, 15) is 35.1 Å². The molecule has 1 heterocycles. The van der Waals surface area contributed by atoms with E-state index in [0.29, 0.717) is 0 Å². The van der Waals surface area contributed by atoms with E-state index in [2.05, 4.69) is 0 Å². The van der Waals surface area contributed by atoms with Gasteiger partial charge in [-0.05, 0) is 21.9 Å². The van der Waals surface area contributed by atoms with Crippen LogP contribution in [0.1, 0.15) is 0 Å². The second kappa shape index (κ2) is 6.88. The molecule has 1 aliphatic rings. The first-order chi connectivity index (χ1) is 12.1. The van der Waals surface area contributed by atoms with E-state index in [1.54, 1.807) is 0 Å². The lowest BCUT2D eigenvalue weighted by molar-refractivity contribution is 0.108. The summed E-state index contributed by atoms with van der Waals surface area (Å²) >= 11 is 0. The van der Waals surface area contributed by atoms with E-state index < -0.39 is 81.8 Å². The Morgan fingerprint density at radius 3 is 0.692 bits per heavy atom. The highest BCUT2D eigenvalue weighted by Gasteiger charge is 2.44. The molecular formula is C14H6B2F10. The summed E-state index contributed by atoms with van der Waals surface area (Å²) in [7, 11) is 0. The molecule has 2 aromatic carbocycles. The van der Waals surface area contributed by atoms with Crippen LogP contribution in [0, 0.1) is 46.5 Å². The normalized spacial score (nSPS) is 12.5. The van der Waals surface area contributed by atoms with Crippen LogP contribution in [-0.2, 0) is 0 Å². The third-order valence-electron chi connectivity index (χ3n) is 4.41. The molecule has 0 saturated heterocycles. The fraction of sp³-hybridized carbons (Fsp3) is 0.143. The van der Waals surface area contributed by atoms with Crippen molar-refractivity contribution < 1.29 is 44.3 Å². The molecule has 1 aliphatic heterocycles. The summed E-state index contributed by atoms with van der Waals surface area (Å²) in [6.07, 6.45) is 0. The molecule has 0 unspecified atom stereocenters. The van der Waals surface area contributed by atoms with Crippen molar-refractivity contribution in [2.75, 3.05) is 0 Å². The molecule has 0 saturated carbocycles. The van der Waals surface area contributed by atoms with E-state index in [-0.39, 0.29) is 0 Å². The standard InChI is InChI=1S/C14H6B2F8.F2/c1-15-3-5(9(19)13(23)11(21)7(3)17)16(2)6-4(15)8(18)12(22)14(24)10(6)20;1-2/h1-2H3;. The second-order valence-electron chi connectivity index (χ2n) is 5.61. The molecule has 0 N–H and O–H groups in total. The lowest BCUT2D eigenvalue weighted by Gasteiger charge is -2.29. The highest BCUT2D eigenvalue weighted by molar-refractivity contribution is 7.02. The molecule has 26 heavy (non-hydrogen) atoms. The maximum atomic E-state index is 14.1. The number of halogens is 10. The molecule has 0 nitrogen and oxygen atoms in total. The van der Waals surface area contributed by atoms with Gasteiger partial charge in [0, 0.05) is 9.15 Å². The van der Waals surface area contributed by atoms with Crippen LogP contribution in [0.15, 0.2) is 0 Å². The summed E-state index contributed by atoms with van der Waals surface area (Å²) in [5, 5.41) is 0. The van der Waals surface area contributed by atoms with E-state index >= 15 is 0 Å². The van der Waals surface area contributed by atoms with Crippen molar-refractivity contribution in [2.24, 2.45) is 0 Å². The minimum atomic E-state index is -2.11. The molecule has 0 aromatic heterocycles. The Morgan fingerprint density at radius 1 is 0.385 bits per heavy atom. The van der Waals surface area contributed by atoms with Crippen molar-refractivity contribution in [3.8, 4) is 0 Å². The zero-order valence-corrected chi connectivity index (χ0v) is 12.9. The van der Waals surface area contributed by atoms with Crippen LogP contribution in [0.5, 0.6) is 0 Å². The smallest absolute Gasteiger partial charge is 0.204 e. The zero-order valence-electron chi connectivity index (χ0n) is 12.9. The number of hydrogen-bond acceptors (Lipinski definition) is 0. The van der Waals surface area contributed by atoms with E-state index in [1.165, 1.54) is 0 Å². The van der Waals surface area contributed by atoms with Gasteiger partial charge in [0.2, 0.25) is 13.4 Å². The quantitative estimate of drug-likeness (QED) is 0.283. The average Bonchev–Trinajstić information content (AvgIpc) is 2.63. The highest BCUT2D eigenvalue weighted by Crippen LogP contribution is 2.18. The van der Waals surface area contributed by atoms with Gasteiger partial charge < -0.3 is 0 Å². The molecule has 12 heteroatoms. The monoisotopic (exact) mass is 386 g/mol. The number of fused-ring (bicyclic) bond motifs is 2. The summed E-state index contributed by atoms with van der Waals surface area (Å²) in [6, 6.07) is 0. The molecule has 0 atom stereocenters. The zero-order chi connectivity index (χ0) is 20.1. The van der Waals surface area contributed by atoms with Crippen LogP contribution < -0.4 is 21.9 Å². The molecule has 0 spiro atoms. The van der Waals surface area contributed by atoms with Crippen LogP contribution in [0.4, 0.5) is 44.3 Å². The van der Waals surface area contributed by atoms with Gasteiger partial charge in [-0.3, -0.25) is 0 Å². The summed E-state index contributed by atoms with van der Waals surface area (Å²) in [5.41, 5.74) is -3.02.